The fourth-order valence-corrected chi connectivity index (χ4v) is 5.36. The minimum atomic E-state index is 0.135. The van der Waals surface area contributed by atoms with Gasteiger partial charge in [-0.1, -0.05) is 36.4 Å². The highest BCUT2D eigenvalue weighted by Crippen LogP contribution is 2.34. The van der Waals surface area contributed by atoms with Crippen LogP contribution in [0.1, 0.15) is 5.56 Å². The molecule has 1 amide bonds. The van der Waals surface area contributed by atoms with Crippen molar-refractivity contribution in [1.82, 2.24) is 19.8 Å². The van der Waals surface area contributed by atoms with Gasteiger partial charge in [-0.2, -0.15) is 0 Å². The van der Waals surface area contributed by atoms with Crippen LogP contribution in [0.3, 0.4) is 0 Å². The number of carbonyl (C=O) groups excluding carboxylic acids is 1. The molecule has 42 heavy (non-hydrogen) atoms. The molecule has 6 rings (SSSR count). The number of nitrogens with zero attached hydrogens (tertiary/aromatic N) is 4. The zero-order valence-electron chi connectivity index (χ0n) is 24.0. The van der Waals surface area contributed by atoms with E-state index in [1.165, 1.54) is 0 Å². The number of fused-ring (bicyclic) bond motifs is 1. The molecule has 2 aliphatic heterocycles. The van der Waals surface area contributed by atoms with Crippen LogP contribution in [0.4, 0.5) is 0 Å². The molecule has 3 heterocycles. The number of rotatable bonds is 9. The summed E-state index contributed by atoms with van der Waals surface area (Å²) in [5, 5.41) is 0. The van der Waals surface area contributed by atoms with Crippen molar-refractivity contribution < 1.29 is 23.7 Å². The Morgan fingerprint density at radius 2 is 1.62 bits per heavy atom. The average Bonchev–Trinajstić information content (AvgIpc) is 3.05. The van der Waals surface area contributed by atoms with E-state index in [0.29, 0.717) is 50.8 Å². The summed E-state index contributed by atoms with van der Waals surface area (Å²) in [4.78, 5) is 26.6. The van der Waals surface area contributed by atoms with Crippen molar-refractivity contribution in [3.05, 3.63) is 72.4 Å². The SMILES string of the molecule is COc1cc(-c2cnc3cccc(-c4ccc(CC(=O)N5CCOCC5)cc4)c3n2)ccc1OCCN1CCOCC1. The molecule has 2 aliphatic rings. The van der Waals surface area contributed by atoms with Gasteiger partial charge in [0, 0.05) is 43.9 Å². The first-order valence-corrected chi connectivity index (χ1v) is 14.5. The molecule has 2 saturated heterocycles. The highest BCUT2D eigenvalue weighted by atomic mass is 16.5. The molecule has 9 heteroatoms. The molecule has 218 valence electrons. The zero-order chi connectivity index (χ0) is 28.7. The van der Waals surface area contributed by atoms with Gasteiger partial charge in [0.15, 0.2) is 11.5 Å². The van der Waals surface area contributed by atoms with E-state index in [0.717, 1.165) is 71.8 Å². The number of hydrogen-bond donors (Lipinski definition) is 0. The first-order valence-electron chi connectivity index (χ1n) is 14.5. The van der Waals surface area contributed by atoms with Crippen molar-refractivity contribution >= 4 is 16.9 Å². The topological polar surface area (TPSA) is 86.2 Å². The Labute approximate surface area is 246 Å². The Balaban J connectivity index is 1.19. The van der Waals surface area contributed by atoms with Crippen LogP contribution in [0.5, 0.6) is 11.5 Å². The molecule has 0 bridgehead atoms. The Morgan fingerprint density at radius 3 is 2.38 bits per heavy atom. The normalized spacial score (nSPS) is 16.0. The lowest BCUT2D eigenvalue weighted by Crippen LogP contribution is -2.41. The smallest absolute Gasteiger partial charge is 0.227 e. The maximum atomic E-state index is 12.7. The van der Waals surface area contributed by atoms with Crippen LogP contribution in [0.25, 0.3) is 33.4 Å². The molecule has 0 aliphatic carbocycles. The molecule has 1 aromatic heterocycles. The minimum Gasteiger partial charge on any atom is -0.493 e. The maximum Gasteiger partial charge on any atom is 0.227 e. The van der Waals surface area contributed by atoms with E-state index in [2.05, 4.69) is 23.1 Å². The molecule has 0 atom stereocenters. The first-order chi connectivity index (χ1) is 20.7. The number of benzene rings is 3. The van der Waals surface area contributed by atoms with Gasteiger partial charge in [-0.05, 0) is 35.4 Å². The molecule has 0 unspecified atom stereocenters. The Kier molecular flexibility index (Phi) is 8.89. The number of hydrogen-bond acceptors (Lipinski definition) is 8. The van der Waals surface area contributed by atoms with Crippen LogP contribution in [0, 0.1) is 0 Å². The summed E-state index contributed by atoms with van der Waals surface area (Å²) < 4.78 is 22.5. The fourth-order valence-electron chi connectivity index (χ4n) is 5.36. The number of amides is 1. The second-order valence-electron chi connectivity index (χ2n) is 10.5. The standard InChI is InChI=1S/C33H36N4O5/c1-39-31-22-26(9-10-30(31)42-20-13-36-11-16-40-17-12-36)29-23-34-28-4-2-3-27(33(28)35-29)25-7-5-24(6-8-25)21-32(38)37-14-18-41-19-15-37/h2-10,22-23H,11-21H2,1H3. The van der Waals surface area contributed by atoms with Crippen molar-refractivity contribution in [1.29, 1.82) is 0 Å². The van der Waals surface area contributed by atoms with Crippen molar-refractivity contribution in [3.63, 3.8) is 0 Å². The third kappa shape index (κ3) is 6.54. The van der Waals surface area contributed by atoms with Crippen LogP contribution in [0.15, 0.2) is 66.9 Å². The van der Waals surface area contributed by atoms with Gasteiger partial charge >= 0.3 is 0 Å². The highest BCUT2D eigenvalue weighted by molar-refractivity contribution is 5.92. The number of aromatic nitrogens is 2. The summed E-state index contributed by atoms with van der Waals surface area (Å²) in [6.07, 6.45) is 2.18. The number of morpholine rings is 2. The Morgan fingerprint density at radius 1 is 0.881 bits per heavy atom. The summed E-state index contributed by atoms with van der Waals surface area (Å²) in [6, 6.07) is 20.0. The van der Waals surface area contributed by atoms with Crippen LogP contribution < -0.4 is 9.47 Å². The zero-order valence-corrected chi connectivity index (χ0v) is 24.0. The van der Waals surface area contributed by atoms with E-state index in [1.54, 1.807) is 13.3 Å². The van der Waals surface area contributed by atoms with Crippen molar-refractivity contribution in [2.45, 2.75) is 6.42 Å². The van der Waals surface area contributed by atoms with E-state index in [4.69, 9.17) is 28.9 Å². The number of carbonyl (C=O) groups is 1. The predicted molar refractivity (Wildman–Crippen MR) is 161 cm³/mol. The molecular weight excluding hydrogens is 532 g/mol. The number of ether oxygens (including phenoxy) is 4. The molecule has 0 radical (unpaired) electrons. The predicted octanol–water partition coefficient (Wildman–Crippen LogP) is 4.08. The molecule has 4 aromatic rings. The van der Waals surface area contributed by atoms with Gasteiger partial charge in [-0.25, -0.2) is 4.98 Å². The summed E-state index contributed by atoms with van der Waals surface area (Å²) >= 11 is 0. The number of methoxy groups -OCH3 is 1. The van der Waals surface area contributed by atoms with Crippen LogP contribution >= 0.6 is 0 Å². The van der Waals surface area contributed by atoms with E-state index in [9.17, 15) is 4.79 Å². The maximum absolute atomic E-state index is 12.7. The van der Waals surface area contributed by atoms with E-state index < -0.39 is 0 Å². The molecule has 0 spiro atoms. The summed E-state index contributed by atoms with van der Waals surface area (Å²) in [7, 11) is 1.65. The second-order valence-corrected chi connectivity index (χ2v) is 10.5. The Hall–Kier alpha value is -4.05. The van der Waals surface area contributed by atoms with Gasteiger partial charge in [0.05, 0.1) is 62.9 Å². The summed E-state index contributed by atoms with van der Waals surface area (Å²) in [5.74, 6) is 1.50. The van der Waals surface area contributed by atoms with Crippen LogP contribution in [-0.4, -0.2) is 98.5 Å². The largest absolute Gasteiger partial charge is 0.493 e. The van der Waals surface area contributed by atoms with E-state index in [-0.39, 0.29) is 5.91 Å². The fraction of sp³-hybridized carbons (Fsp3) is 0.364. The van der Waals surface area contributed by atoms with Gasteiger partial charge in [0.2, 0.25) is 5.91 Å². The van der Waals surface area contributed by atoms with Gasteiger partial charge in [-0.15, -0.1) is 0 Å². The van der Waals surface area contributed by atoms with Crippen molar-refractivity contribution in [2.24, 2.45) is 0 Å². The van der Waals surface area contributed by atoms with Crippen LogP contribution in [0.2, 0.25) is 0 Å². The summed E-state index contributed by atoms with van der Waals surface area (Å²) in [5.41, 5.74) is 6.28. The molecule has 3 aromatic carbocycles. The molecule has 9 nitrogen and oxygen atoms in total. The van der Waals surface area contributed by atoms with Gasteiger partial charge in [-0.3, -0.25) is 14.7 Å². The van der Waals surface area contributed by atoms with Gasteiger partial charge in [0.25, 0.3) is 0 Å². The van der Waals surface area contributed by atoms with E-state index >= 15 is 0 Å². The third-order valence-electron chi connectivity index (χ3n) is 7.79. The average molecular weight is 569 g/mol. The second kappa shape index (κ2) is 13.3. The number of para-hydroxylation sites is 1. The molecule has 2 fully saturated rings. The molecular formula is C33H36N4O5. The lowest BCUT2D eigenvalue weighted by atomic mass is 10.0. The highest BCUT2D eigenvalue weighted by Gasteiger charge is 2.18. The third-order valence-corrected chi connectivity index (χ3v) is 7.79. The monoisotopic (exact) mass is 568 g/mol. The van der Waals surface area contributed by atoms with Gasteiger partial charge in [0.1, 0.15) is 6.61 Å². The van der Waals surface area contributed by atoms with Crippen molar-refractivity contribution in [2.75, 3.05) is 72.9 Å². The van der Waals surface area contributed by atoms with Crippen molar-refractivity contribution in [3.8, 4) is 33.9 Å². The molecule has 0 saturated carbocycles. The quantitative estimate of drug-likeness (QED) is 0.299. The van der Waals surface area contributed by atoms with Crippen LogP contribution in [-0.2, 0) is 20.7 Å². The lowest BCUT2D eigenvalue weighted by molar-refractivity contribution is -0.134. The van der Waals surface area contributed by atoms with E-state index in [1.807, 2.05) is 47.4 Å². The summed E-state index contributed by atoms with van der Waals surface area (Å²) in [6.45, 7) is 7.36. The minimum absolute atomic E-state index is 0.135. The van der Waals surface area contributed by atoms with Gasteiger partial charge < -0.3 is 23.8 Å². The Bertz CT molecular complexity index is 1520. The first kappa shape index (κ1) is 28.1. The molecule has 0 N–H and O–H groups in total. The lowest BCUT2D eigenvalue weighted by Gasteiger charge is -2.26.